The summed E-state index contributed by atoms with van der Waals surface area (Å²) in [5.41, 5.74) is 2.55. The molecule has 3 unspecified atom stereocenters. The first-order valence-corrected chi connectivity index (χ1v) is 9.49. The molecule has 0 spiro atoms. The standard InChI is InChI=1S/C16H26Br2N2/c1-5-14-16(18)15(20(4)19-14)9-12-8-11(10(2)3)6-7-13(12)17/h10-13H,5-9H2,1-4H3. The van der Waals surface area contributed by atoms with Gasteiger partial charge in [0.1, 0.15) is 0 Å². The van der Waals surface area contributed by atoms with Crippen molar-refractivity contribution >= 4 is 31.9 Å². The van der Waals surface area contributed by atoms with Crippen LogP contribution in [0.1, 0.15) is 51.4 Å². The van der Waals surface area contributed by atoms with Gasteiger partial charge in [-0.05, 0) is 65.8 Å². The Kier molecular flexibility index (Phi) is 5.75. The molecule has 114 valence electrons. The van der Waals surface area contributed by atoms with Crippen molar-refractivity contribution in [1.29, 1.82) is 0 Å². The number of hydrogen-bond donors (Lipinski definition) is 0. The number of aromatic nitrogens is 2. The predicted molar refractivity (Wildman–Crippen MR) is 92.4 cm³/mol. The second-order valence-electron chi connectivity index (χ2n) is 6.48. The largest absolute Gasteiger partial charge is 0.271 e. The molecule has 0 radical (unpaired) electrons. The first kappa shape index (κ1) is 16.5. The van der Waals surface area contributed by atoms with Gasteiger partial charge in [0.15, 0.2) is 0 Å². The number of aryl methyl sites for hydroxylation is 2. The SMILES string of the molecule is CCc1nn(C)c(CC2CC(C(C)C)CCC2Br)c1Br. The van der Waals surface area contributed by atoms with Crippen molar-refractivity contribution in [2.24, 2.45) is 24.8 Å². The van der Waals surface area contributed by atoms with Gasteiger partial charge < -0.3 is 0 Å². The van der Waals surface area contributed by atoms with Crippen LogP contribution in [0.4, 0.5) is 0 Å². The molecule has 0 aromatic carbocycles. The molecule has 0 saturated heterocycles. The molecule has 1 aliphatic carbocycles. The highest BCUT2D eigenvalue weighted by Crippen LogP contribution is 2.39. The summed E-state index contributed by atoms with van der Waals surface area (Å²) < 4.78 is 3.30. The van der Waals surface area contributed by atoms with Crippen LogP contribution in [0, 0.1) is 17.8 Å². The molecule has 0 N–H and O–H groups in total. The van der Waals surface area contributed by atoms with Crippen LogP contribution in [0.5, 0.6) is 0 Å². The quantitative estimate of drug-likeness (QED) is 0.635. The molecular formula is C16H26Br2N2. The van der Waals surface area contributed by atoms with Gasteiger partial charge in [0, 0.05) is 11.9 Å². The molecule has 0 bridgehead atoms. The lowest BCUT2D eigenvalue weighted by atomic mass is 9.74. The summed E-state index contributed by atoms with van der Waals surface area (Å²) in [5.74, 6) is 2.41. The zero-order chi connectivity index (χ0) is 14.9. The Balaban J connectivity index is 2.13. The predicted octanol–water partition coefficient (Wildman–Crippen LogP) is 5.12. The second-order valence-corrected chi connectivity index (χ2v) is 8.45. The van der Waals surface area contributed by atoms with E-state index in [2.05, 4.69) is 69.5 Å². The van der Waals surface area contributed by atoms with Crippen molar-refractivity contribution in [1.82, 2.24) is 9.78 Å². The van der Waals surface area contributed by atoms with E-state index in [-0.39, 0.29) is 0 Å². The van der Waals surface area contributed by atoms with Gasteiger partial charge in [0.05, 0.1) is 15.9 Å². The van der Waals surface area contributed by atoms with Crippen LogP contribution in [0.15, 0.2) is 4.47 Å². The van der Waals surface area contributed by atoms with Crippen molar-refractivity contribution in [2.45, 2.75) is 57.7 Å². The molecule has 1 fully saturated rings. The second kappa shape index (κ2) is 6.95. The molecule has 0 aliphatic heterocycles. The molecule has 1 aliphatic rings. The first-order chi connectivity index (χ1) is 9.43. The van der Waals surface area contributed by atoms with E-state index in [9.17, 15) is 0 Å². The van der Waals surface area contributed by atoms with Gasteiger partial charge in [-0.1, -0.05) is 36.7 Å². The summed E-state index contributed by atoms with van der Waals surface area (Å²) in [5, 5.41) is 4.63. The van der Waals surface area contributed by atoms with E-state index in [1.807, 2.05) is 0 Å². The summed E-state index contributed by atoms with van der Waals surface area (Å²) >= 11 is 7.67. The molecular weight excluding hydrogens is 380 g/mol. The lowest BCUT2D eigenvalue weighted by Gasteiger charge is -2.35. The average Bonchev–Trinajstić information content (AvgIpc) is 2.68. The minimum Gasteiger partial charge on any atom is -0.271 e. The topological polar surface area (TPSA) is 17.8 Å². The number of halogens is 2. The maximum absolute atomic E-state index is 4.63. The lowest BCUT2D eigenvalue weighted by Crippen LogP contribution is -2.29. The number of rotatable bonds is 4. The summed E-state index contributed by atoms with van der Waals surface area (Å²) in [6.07, 6.45) is 6.14. The minimum atomic E-state index is 0.657. The number of alkyl halides is 1. The Labute approximate surface area is 140 Å². The Hall–Kier alpha value is 0.170. The fourth-order valence-electron chi connectivity index (χ4n) is 3.37. The summed E-state index contributed by atoms with van der Waals surface area (Å²) in [7, 11) is 2.07. The van der Waals surface area contributed by atoms with E-state index in [0.717, 1.165) is 30.6 Å². The third-order valence-electron chi connectivity index (χ3n) is 4.83. The molecule has 0 amide bonds. The van der Waals surface area contributed by atoms with Gasteiger partial charge in [0.2, 0.25) is 0 Å². The third kappa shape index (κ3) is 3.49. The van der Waals surface area contributed by atoms with Crippen molar-refractivity contribution in [3.05, 3.63) is 15.9 Å². The van der Waals surface area contributed by atoms with E-state index >= 15 is 0 Å². The molecule has 1 saturated carbocycles. The van der Waals surface area contributed by atoms with Gasteiger partial charge in [-0.3, -0.25) is 4.68 Å². The molecule has 2 rings (SSSR count). The fourth-order valence-corrected chi connectivity index (χ4v) is 4.82. The smallest absolute Gasteiger partial charge is 0.0766 e. The highest BCUT2D eigenvalue weighted by Gasteiger charge is 2.31. The lowest BCUT2D eigenvalue weighted by molar-refractivity contribution is 0.221. The Bertz CT molecular complexity index is 454. The minimum absolute atomic E-state index is 0.657. The van der Waals surface area contributed by atoms with Crippen molar-refractivity contribution < 1.29 is 0 Å². The zero-order valence-electron chi connectivity index (χ0n) is 13.0. The molecule has 1 heterocycles. The Morgan fingerprint density at radius 2 is 2.05 bits per heavy atom. The van der Waals surface area contributed by atoms with Crippen molar-refractivity contribution in [3.63, 3.8) is 0 Å². The van der Waals surface area contributed by atoms with Crippen LogP contribution in [-0.4, -0.2) is 14.6 Å². The molecule has 1 aromatic rings. The molecule has 20 heavy (non-hydrogen) atoms. The third-order valence-corrected chi connectivity index (χ3v) is 6.95. The Morgan fingerprint density at radius 3 is 2.60 bits per heavy atom. The molecule has 1 aromatic heterocycles. The van der Waals surface area contributed by atoms with Gasteiger partial charge in [-0.25, -0.2) is 0 Å². The van der Waals surface area contributed by atoms with Gasteiger partial charge in [-0.2, -0.15) is 5.10 Å². The van der Waals surface area contributed by atoms with Gasteiger partial charge in [0.25, 0.3) is 0 Å². The van der Waals surface area contributed by atoms with E-state index in [1.54, 1.807) is 0 Å². The van der Waals surface area contributed by atoms with Crippen LogP contribution in [0.3, 0.4) is 0 Å². The summed E-state index contributed by atoms with van der Waals surface area (Å²) in [4.78, 5) is 0.657. The maximum atomic E-state index is 4.63. The highest BCUT2D eigenvalue weighted by atomic mass is 79.9. The summed E-state index contributed by atoms with van der Waals surface area (Å²) in [6, 6.07) is 0. The first-order valence-electron chi connectivity index (χ1n) is 7.78. The average molecular weight is 406 g/mol. The van der Waals surface area contributed by atoms with Crippen molar-refractivity contribution in [3.8, 4) is 0 Å². The van der Waals surface area contributed by atoms with Gasteiger partial charge in [-0.15, -0.1) is 0 Å². The van der Waals surface area contributed by atoms with Crippen molar-refractivity contribution in [2.75, 3.05) is 0 Å². The van der Waals surface area contributed by atoms with E-state index in [0.29, 0.717) is 4.83 Å². The van der Waals surface area contributed by atoms with E-state index in [1.165, 1.54) is 35.1 Å². The van der Waals surface area contributed by atoms with Crippen LogP contribution in [0.2, 0.25) is 0 Å². The molecule has 2 nitrogen and oxygen atoms in total. The maximum Gasteiger partial charge on any atom is 0.0766 e. The fraction of sp³-hybridized carbons (Fsp3) is 0.812. The van der Waals surface area contributed by atoms with Crippen LogP contribution < -0.4 is 0 Å². The monoisotopic (exact) mass is 404 g/mol. The van der Waals surface area contributed by atoms with E-state index in [4.69, 9.17) is 0 Å². The van der Waals surface area contributed by atoms with Crippen LogP contribution >= 0.6 is 31.9 Å². The normalized spacial score (nSPS) is 27.2. The molecule has 4 heteroatoms. The Morgan fingerprint density at radius 1 is 1.35 bits per heavy atom. The number of hydrogen-bond acceptors (Lipinski definition) is 1. The molecule has 3 atom stereocenters. The van der Waals surface area contributed by atoms with Crippen LogP contribution in [-0.2, 0) is 19.9 Å². The zero-order valence-corrected chi connectivity index (χ0v) is 16.2. The number of nitrogens with zero attached hydrogens (tertiary/aromatic N) is 2. The highest BCUT2D eigenvalue weighted by molar-refractivity contribution is 9.10. The summed E-state index contributed by atoms with van der Waals surface area (Å²) in [6.45, 7) is 6.90. The van der Waals surface area contributed by atoms with Gasteiger partial charge >= 0.3 is 0 Å². The van der Waals surface area contributed by atoms with E-state index < -0.39 is 0 Å². The van der Waals surface area contributed by atoms with Crippen LogP contribution in [0.25, 0.3) is 0 Å².